The van der Waals surface area contributed by atoms with Crippen LogP contribution in [0.2, 0.25) is 0 Å². The van der Waals surface area contributed by atoms with Crippen molar-refractivity contribution in [3.05, 3.63) is 331 Å². The first kappa shape index (κ1) is 96.8. The summed E-state index contributed by atoms with van der Waals surface area (Å²) in [6.07, 6.45) is 10.9. The van der Waals surface area contributed by atoms with Crippen LogP contribution < -0.4 is 5.32 Å². The van der Waals surface area contributed by atoms with Crippen LogP contribution in [-0.4, -0.2) is 266 Å². The van der Waals surface area contributed by atoms with Crippen molar-refractivity contribution in [2.24, 2.45) is 13.0 Å². The minimum Gasteiger partial charge on any atom is -0.508 e. The smallest absolute Gasteiger partial charge is 0.334 e. The van der Waals surface area contributed by atoms with Gasteiger partial charge in [0.1, 0.15) is 60.5 Å². The number of aromatic hydroxyl groups is 3. The molecule has 10 amide bonds. The van der Waals surface area contributed by atoms with Gasteiger partial charge < -0.3 is 54.8 Å². The number of H-pyrrole nitrogens is 1. The molecule has 141 heavy (non-hydrogen) atoms. The van der Waals surface area contributed by atoms with Crippen molar-refractivity contribution in [1.29, 1.82) is 0 Å². The third-order valence-electron chi connectivity index (χ3n) is 26.8. The van der Waals surface area contributed by atoms with Crippen LogP contribution in [0.5, 0.6) is 17.2 Å². The molecule has 6 aliphatic heterocycles. The fourth-order valence-corrected chi connectivity index (χ4v) is 20.0. The summed E-state index contributed by atoms with van der Waals surface area (Å²) in [6, 6.07) is 63.7. The summed E-state index contributed by atoms with van der Waals surface area (Å²) in [5.74, 6) is -1.23. The van der Waals surface area contributed by atoms with Gasteiger partial charge in [-0.25, -0.2) is 34.8 Å². The maximum Gasteiger partial charge on any atom is 0.334 e. The number of hydrazine groups is 3. The number of nitrogens with one attached hydrogen (secondary N) is 2. The number of piperazine rings is 3. The largest absolute Gasteiger partial charge is 0.508 e. The Hall–Kier alpha value is -15.9. The topological polar surface area (TPSA) is 356 Å². The van der Waals surface area contributed by atoms with Gasteiger partial charge in [-0.05, 0) is 124 Å². The predicted octanol–water partition coefficient (Wildman–Crippen LogP) is 11.0. The molecule has 726 valence electrons. The van der Waals surface area contributed by atoms with E-state index in [1.807, 2.05) is 159 Å². The van der Waals surface area contributed by atoms with Gasteiger partial charge in [-0.2, -0.15) is 15.3 Å². The van der Waals surface area contributed by atoms with Gasteiger partial charge in [0.05, 0.1) is 74.3 Å². The van der Waals surface area contributed by atoms with Gasteiger partial charge in [-0.15, -0.1) is 19.7 Å². The lowest BCUT2D eigenvalue weighted by Crippen LogP contribution is -2.76. The van der Waals surface area contributed by atoms with Crippen molar-refractivity contribution in [1.82, 2.24) is 94.5 Å². The lowest BCUT2D eigenvalue weighted by atomic mass is 9.97. The molecule has 6 saturated heterocycles. The fourth-order valence-electron chi connectivity index (χ4n) is 20.0. The standard InChI is InChI=1S/C37H39N7O4.C37H40N6O6.C34H36N6O4/c1-3-18-42-23-33(46)43-31(19-25-12-16-29(45)17-13-25)36(47)41(22-32(43)44(42)37(48)38-20-26-8-5-4-6-9-26)21-28-10-7-11-30-34(39-40-35(28)30)24(2)27-14-15-27;1-3-18-40-25-35(47)42-32(21-28-12-15-31(45)16-13-28)37(48)39(24-33(42)43(40)34(46)17-14-27-8-5-4-6-9-27)23-30-11-7-10-29-22-38-41(36(29)30)19-20-49-26(2)44;1-3-18-38-23-32(43)39-29(19-25-12-15-28(41)16-13-25)34(44)37(21-27-11-7-10-26-20-36(2)35-33(26)27)22-30(39)40(38)31(42)17-14-24-8-5-4-6-9-24/h3-13,16-17,27,31-32,45H,1-2,14-15,18-23H2,(H,38,48)(H,39,40);3-13,15-16,22,32-33,45H,1,14,17-21,23-25H2,2H3;3-13,15-16,20,29-30,41H,1,14,17-19,21-23H2,2H3/t31-,32-;32-,33-;29-,30-/m000/s1. The number of aromatic nitrogens is 6. The lowest BCUT2D eigenvalue weighted by molar-refractivity contribution is -0.205. The van der Waals surface area contributed by atoms with Crippen LogP contribution in [0.4, 0.5) is 4.79 Å². The molecule has 33 nitrogen and oxygen atoms in total. The van der Waals surface area contributed by atoms with Crippen molar-refractivity contribution in [2.75, 3.05) is 65.5 Å². The Bertz CT molecular complexity index is 6650. The number of carbonyl (C=O) groups excluding carboxylic acids is 10. The number of benzene rings is 9. The minimum absolute atomic E-state index is 0.0355. The van der Waals surface area contributed by atoms with E-state index in [1.165, 1.54) is 6.92 Å². The normalized spacial score (nSPS) is 19.0. The molecule has 7 fully saturated rings. The molecule has 12 aromatic rings. The van der Waals surface area contributed by atoms with Gasteiger partial charge >= 0.3 is 12.0 Å². The number of nitrogens with zero attached hydrogens (tertiary/aromatic N) is 17. The van der Waals surface area contributed by atoms with E-state index in [0.717, 1.165) is 107 Å². The van der Waals surface area contributed by atoms with Crippen molar-refractivity contribution >= 4 is 97.5 Å². The number of amides is 10. The first-order valence-corrected chi connectivity index (χ1v) is 47.5. The van der Waals surface area contributed by atoms with Crippen LogP contribution in [0, 0.1) is 5.92 Å². The number of allylic oxidation sites excluding steroid dienone is 1. The molecule has 33 heteroatoms. The molecular formula is C108H115N19O14. The number of rotatable bonds is 31. The molecule has 0 spiro atoms. The summed E-state index contributed by atoms with van der Waals surface area (Å²) in [7, 11) is 1.86. The van der Waals surface area contributed by atoms with E-state index in [9.17, 15) is 63.3 Å². The van der Waals surface area contributed by atoms with Crippen LogP contribution in [0.15, 0.2) is 275 Å². The van der Waals surface area contributed by atoms with Gasteiger partial charge in [0, 0.05) is 114 Å². The summed E-state index contributed by atoms with van der Waals surface area (Å²) in [5.41, 5.74) is 12.3. The Morgan fingerprint density at radius 2 is 0.908 bits per heavy atom. The van der Waals surface area contributed by atoms with Gasteiger partial charge in [-0.3, -0.25) is 57.6 Å². The monoisotopic (exact) mass is 1900 g/mol. The van der Waals surface area contributed by atoms with E-state index < -0.39 is 36.6 Å². The third-order valence-corrected chi connectivity index (χ3v) is 26.8. The zero-order valence-electron chi connectivity index (χ0n) is 78.9. The number of aryl methyl sites for hydroxylation is 3. The van der Waals surface area contributed by atoms with Crippen molar-refractivity contribution in [3.63, 3.8) is 0 Å². The van der Waals surface area contributed by atoms with Crippen molar-refractivity contribution < 1.29 is 68.0 Å². The van der Waals surface area contributed by atoms with E-state index in [0.29, 0.717) is 38.4 Å². The van der Waals surface area contributed by atoms with E-state index in [4.69, 9.17) is 4.74 Å². The van der Waals surface area contributed by atoms with E-state index in [-0.39, 0.29) is 187 Å². The van der Waals surface area contributed by atoms with Gasteiger partial charge in [0.15, 0.2) is 0 Å². The molecule has 9 heterocycles. The summed E-state index contributed by atoms with van der Waals surface area (Å²) in [5, 5.41) is 62.5. The second-order valence-electron chi connectivity index (χ2n) is 36.4. The number of hydrogen-bond acceptors (Lipinski definition) is 20. The number of phenols is 3. The second kappa shape index (κ2) is 43.4. The first-order chi connectivity index (χ1) is 68.4. The Morgan fingerprint density at radius 1 is 0.489 bits per heavy atom. The van der Waals surface area contributed by atoms with E-state index in [1.54, 1.807) is 166 Å². The summed E-state index contributed by atoms with van der Waals surface area (Å²) in [6.45, 7) is 19.8. The number of para-hydroxylation sites is 2. The molecule has 0 unspecified atom stereocenters. The van der Waals surface area contributed by atoms with Crippen molar-refractivity contribution in [3.8, 4) is 17.2 Å². The molecule has 1 aliphatic carbocycles. The quantitative estimate of drug-likeness (QED) is 0.0199. The number of esters is 1. The third kappa shape index (κ3) is 21.8. The average Bonchev–Trinajstić information content (AvgIpc) is 1.72. The van der Waals surface area contributed by atoms with Crippen LogP contribution in [0.25, 0.3) is 38.3 Å². The number of urea groups is 1. The van der Waals surface area contributed by atoms with Crippen LogP contribution in [0.1, 0.15) is 88.4 Å². The van der Waals surface area contributed by atoms with Gasteiger partial charge in [-0.1, -0.05) is 207 Å². The molecule has 5 N–H and O–H groups in total. The second-order valence-corrected chi connectivity index (χ2v) is 36.4. The molecule has 6 atom stereocenters. The van der Waals surface area contributed by atoms with E-state index in [2.05, 4.69) is 52.0 Å². The molecule has 0 radical (unpaired) electrons. The zero-order valence-corrected chi connectivity index (χ0v) is 78.9. The van der Waals surface area contributed by atoms with Gasteiger partial charge in [0.25, 0.3) is 0 Å². The SMILES string of the molecule is C=CCN1CC(=O)N2[C@@H](Cc3ccc(O)cc3)C(=O)N(Cc3cccc4c(C(=C)C5CC5)n[nH]c34)C[C@@H]2N1C(=O)NCc1ccccc1.C=CCN1CC(=O)N2[C@@H](Cc3ccc(O)cc3)C(=O)N(Cc3cccc4cn(C)nc34)C[C@@H]2N1C(=O)CCc1ccccc1.C=CCN1CC(=O)N2[C@@H](Cc3ccc(O)cc3)C(=O)N(Cc3cccc4cnn(CCOC(C)=O)c34)C[C@@H]2N1C(=O)CCc1ccccc1. The fraction of sp³-hybridized carbons (Fsp3) is 0.306. The van der Waals surface area contributed by atoms with Gasteiger partial charge in [0.2, 0.25) is 47.3 Å². The maximum atomic E-state index is 14.5. The molecule has 9 aromatic carbocycles. The highest BCUT2D eigenvalue weighted by molar-refractivity contribution is 5.97. The van der Waals surface area contributed by atoms with Crippen LogP contribution in [-0.2, 0) is 120 Å². The van der Waals surface area contributed by atoms with Crippen molar-refractivity contribution in [2.45, 2.75) is 134 Å². The molecule has 3 aromatic heterocycles. The number of ether oxygens (including phenoxy) is 1. The Morgan fingerprint density at radius 3 is 1.37 bits per heavy atom. The minimum atomic E-state index is -0.890. The predicted molar refractivity (Wildman–Crippen MR) is 529 cm³/mol. The lowest BCUT2D eigenvalue weighted by Gasteiger charge is -2.55. The number of fused-ring (bicyclic) bond motifs is 6. The molecule has 7 aliphatic rings. The van der Waals surface area contributed by atoms with Crippen LogP contribution in [0.3, 0.4) is 0 Å². The maximum absolute atomic E-state index is 14.5. The first-order valence-electron chi connectivity index (χ1n) is 47.5. The van der Waals surface area contributed by atoms with E-state index >= 15 is 0 Å². The Kier molecular flexibility index (Phi) is 29.8. The number of hydrogen-bond donors (Lipinski definition) is 5. The number of aromatic amines is 1. The molecule has 19 rings (SSSR count). The number of phenolic OH excluding ortho intramolecular Hbond substituents is 3. The highest BCUT2D eigenvalue weighted by Crippen LogP contribution is 2.43. The Balaban J connectivity index is 0.000000146. The molecular weight excluding hydrogens is 1790 g/mol. The highest BCUT2D eigenvalue weighted by atomic mass is 16.5. The zero-order chi connectivity index (χ0) is 98.6. The molecule has 1 saturated carbocycles. The molecule has 0 bridgehead atoms. The summed E-state index contributed by atoms with van der Waals surface area (Å²) < 4.78 is 8.68. The summed E-state index contributed by atoms with van der Waals surface area (Å²) in [4.78, 5) is 148. The average molecular weight is 1900 g/mol. The number of carbonyl (C=O) groups is 10. The van der Waals surface area contributed by atoms with Crippen LogP contribution >= 0.6 is 0 Å². The Labute approximate surface area is 816 Å². The summed E-state index contributed by atoms with van der Waals surface area (Å²) >= 11 is 0. The highest BCUT2D eigenvalue weighted by Gasteiger charge is 2.55.